The number of carbonyl (C=O) groups is 2. The van der Waals surface area contributed by atoms with E-state index < -0.39 is 0 Å². The van der Waals surface area contributed by atoms with E-state index in [9.17, 15) is 9.59 Å². The summed E-state index contributed by atoms with van der Waals surface area (Å²) in [6, 6.07) is 8.48. The molecule has 3 saturated heterocycles. The second kappa shape index (κ2) is 8.10. The molecule has 188 valence electrons. The van der Waals surface area contributed by atoms with Crippen molar-refractivity contribution in [1.82, 2.24) is 14.2 Å². The van der Waals surface area contributed by atoms with Crippen LogP contribution in [0, 0.1) is 35.5 Å². The van der Waals surface area contributed by atoms with E-state index >= 15 is 0 Å². The first-order valence-corrected chi connectivity index (χ1v) is 14.4. The van der Waals surface area contributed by atoms with E-state index in [4.69, 9.17) is 9.11 Å². The zero-order valence-corrected chi connectivity index (χ0v) is 21.2. The molecular weight excluding hydrogens is 472 g/mol. The number of rotatable bonds is 5. The number of hydrogen-bond acceptors (Lipinski definition) is 7. The Bertz CT molecular complexity index is 1220. The Labute approximate surface area is 215 Å². The van der Waals surface area contributed by atoms with E-state index in [1.807, 2.05) is 0 Å². The van der Waals surface area contributed by atoms with Crippen molar-refractivity contribution in [3.8, 4) is 0 Å². The molecule has 8 atom stereocenters. The maximum absolute atomic E-state index is 13.3. The van der Waals surface area contributed by atoms with Gasteiger partial charge in [0.15, 0.2) is 0 Å². The molecule has 8 heteroatoms. The largest absolute Gasteiger partial charge is 0.366 e. The second-order valence-corrected chi connectivity index (χ2v) is 12.5. The number of carbonyl (C=O) groups excluding carboxylic acids is 2. The van der Waals surface area contributed by atoms with Crippen LogP contribution < -0.4 is 4.90 Å². The summed E-state index contributed by atoms with van der Waals surface area (Å²) in [6.07, 6.45) is 7.84. The molecule has 8 unspecified atom stereocenters. The zero-order valence-electron chi connectivity index (χ0n) is 20.4. The van der Waals surface area contributed by atoms with Gasteiger partial charge in [0, 0.05) is 56.5 Å². The Kier molecular flexibility index (Phi) is 4.90. The number of fused-ring (bicyclic) bond motifs is 8. The van der Waals surface area contributed by atoms with Crippen LogP contribution in [0.3, 0.4) is 0 Å². The van der Waals surface area contributed by atoms with Crippen LogP contribution >= 0.6 is 11.5 Å². The number of hydrogen-bond donors (Lipinski definition) is 0. The molecule has 0 spiro atoms. The Morgan fingerprint density at radius 2 is 1.56 bits per heavy atom. The monoisotopic (exact) mass is 504 g/mol. The molecule has 2 aromatic rings. The van der Waals surface area contributed by atoms with Gasteiger partial charge in [-0.05, 0) is 54.8 Å². The van der Waals surface area contributed by atoms with Crippen LogP contribution in [-0.4, -0.2) is 77.5 Å². The number of anilines is 1. The van der Waals surface area contributed by atoms with Crippen molar-refractivity contribution in [1.29, 1.82) is 0 Å². The SMILES string of the molecule is O=C1C2C3CCC(C3)C2C(=O)N1CC1C2C=CC(O2)C1CN1CCN(c2nsc3ccccc23)CC1. The van der Waals surface area contributed by atoms with Crippen molar-refractivity contribution >= 4 is 39.3 Å². The van der Waals surface area contributed by atoms with Crippen molar-refractivity contribution in [2.24, 2.45) is 35.5 Å². The molecule has 2 aliphatic carbocycles. The fraction of sp³-hybridized carbons (Fsp3) is 0.607. The highest BCUT2D eigenvalue weighted by Crippen LogP contribution is 2.56. The summed E-state index contributed by atoms with van der Waals surface area (Å²) < 4.78 is 12.3. The minimum atomic E-state index is -0.0281. The van der Waals surface area contributed by atoms with Crippen molar-refractivity contribution in [3.05, 3.63) is 36.4 Å². The fourth-order valence-electron chi connectivity index (χ4n) is 8.35. The van der Waals surface area contributed by atoms with Gasteiger partial charge in [0.2, 0.25) is 11.8 Å². The molecule has 0 N–H and O–H groups in total. The fourth-order valence-corrected chi connectivity index (χ4v) is 9.14. The zero-order chi connectivity index (χ0) is 24.0. The number of ether oxygens (including phenoxy) is 1. The lowest BCUT2D eigenvalue weighted by Gasteiger charge is -2.38. The van der Waals surface area contributed by atoms with Crippen LogP contribution in [-0.2, 0) is 14.3 Å². The third-order valence-corrected chi connectivity index (χ3v) is 10.9. The van der Waals surface area contributed by atoms with Crippen molar-refractivity contribution in [2.45, 2.75) is 31.5 Å². The summed E-state index contributed by atoms with van der Waals surface area (Å²) in [7, 11) is 0. The summed E-state index contributed by atoms with van der Waals surface area (Å²) in [5, 5.41) is 1.25. The van der Waals surface area contributed by atoms with Crippen molar-refractivity contribution in [2.75, 3.05) is 44.2 Å². The summed E-state index contributed by atoms with van der Waals surface area (Å²) in [4.78, 5) is 33.3. The summed E-state index contributed by atoms with van der Waals surface area (Å²) in [5.74, 6) is 2.70. The third-order valence-electron chi connectivity index (χ3n) is 10.1. The number of nitrogens with zero attached hydrogens (tertiary/aromatic N) is 4. The smallest absolute Gasteiger partial charge is 0.233 e. The molecule has 2 saturated carbocycles. The number of benzene rings is 1. The number of likely N-dealkylation sites (tertiary alicyclic amines) is 1. The molecular formula is C28H32N4O3S. The predicted octanol–water partition coefficient (Wildman–Crippen LogP) is 3.02. The van der Waals surface area contributed by atoms with E-state index in [0.29, 0.717) is 24.3 Å². The van der Waals surface area contributed by atoms with E-state index in [0.717, 1.165) is 57.8 Å². The molecule has 0 radical (unpaired) electrons. The van der Waals surface area contributed by atoms with Crippen LogP contribution in [0.25, 0.3) is 10.1 Å². The molecule has 4 aliphatic heterocycles. The van der Waals surface area contributed by atoms with Gasteiger partial charge in [-0.3, -0.25) is 19.4 Å². The van der Waals surface area contributed by atoms with E-state index in [2.05, 4.69) is 46.2 Å². The first-order chi connectivity index (χ1) is 17.7. The van der Waals surface area contributed by atoms with Crippen LogP contribution in [0.2, 0.25) is 0 Å². The average Bonchev–Trinajstić information content (AvgIpc) is 3.74. The first-order valence-electron chi connectivity index (χ1n) is 13.7. The molecule has 4 bridgehead atoms. The highest BCUT2D eigenvalue weighted by Gasteiger charge is 2.61. The molecule has 8 rings (SSSR count). The number of amides is 2. The summed E-state index contributed by atoms with van der Waals surface area (Å²) in [6.45, 7) is 5.40. The highest BCUT2D eigenvalue weighted by molar-refractivity contribution is 7.13. The van der Waals surface area contributed by atoms with Gasteiger partial charge in [0.25, 0.3) is 0 Å². The minimum absolute atomic E-state index is 0.0281. The summed E-state index contributed by atoms with van der Waals surface area (Å²) >= 11 is 1.58. The second-order valence-electron chi connectivity index (χ2n) is 11.7. The lowest BCUT2D eigenvalue weighted by Crippen LogP contribution is -2.50. The van der Waals surface area contributed by atoms with Gasteiger partial charge < -0.3 is 9.64 Å². The van der Waals surface area contributed by atoms with Crippen LogP contribution in [0.15, 0.2) is 36.4 Å². The van der Waals surface area contributed by atoms with Crippen LogP contribution in [0.5, 0.6) is 0 Å². The average molecular weight is 505 g/mol. The molecule has 5 fully saturated rings. The van der Waals surface area contributed by atoms with Gasteiger partial charge in [0.1, 0.15) is 5.82 Å². The van der Waals surface area contributed by atoms with Gasteiger partial charge >= 0.3 is 0 Å². The maximum Gasteiger partial charge on any atom is 0.233 e. The normalized spacial score (nSPS) is 39.3. The Balaban J connectivity index is 0.949. The molecule has 5 heterocycles. The molecule has 1 aromatic carbocycles. The highest BCUT2D eigenvalue weighted by atomic mass is 32.1. The van der Waals surface area contributed by atoms with Crippen LogP contribution in [0.4, 0.5) is 5.82 Å². The Morgan fingerprint density at radius 3 is 2.28 bits per heavy atom. The van der Waals surface area contributed by atoms with E-state index in [-0.39, 0.29) is 41.8 Å². The van der Waals surface area contributed by atoms with E-state index in [1.54, 1.807) is 16.4 Å². The molecule has 7 nitrogen and oxygen atoms in total. The van der Waals surface area contributed by atoms with Gasteiger partial charge in [0.05, 0.1) is 28.7 Å². The molecule has 1 aromatic heterocycles. The third kappa shape index (κ3) is 3.13. The maximum atomic E-state index is 13.3. The number of aromatic nitrogens is 1. The minimum Gasteiger partial charge on any atom is -0.366 e. The van der Waals surface area contributed by atoms with Gasteiger partial charge in [-0.15, -0.1) is 0 Å². The Hall–Kier alpha value is -2.29. The Morgan fingerprint density at radius 1 is 0.889 bits per heavy atom. The van der Waals surface area contributed by atoms with Gasteiger partial charge in [-0.2, -0.15) is 4.37 Å². The lowest BCUT2D eigenvalue weighted by molar-refractivity contribution is -0.141. The summed E-state index contributed by atoms with van der Waals surface area (Å²) in [5.41, 5.74) is 0. The predicted molar refractivity (Wildman–Crippen MR) is 138 cm³/mol. The molecule has 2 amide bonds. The molecule has 36 heavy (non-hydrogen) atoms. The van der Waals surface area contributed by atoms with Gasteiger partial charge in [-0.1, -0.05) is 24.3 Å². The quantitative estimate of drug-likeness (QED) is 0.461. The number of imide groups is 1. The first kappa shape index (κ1) is 21.8. The van der Waals surface area contributed by atoms with Crippen molar-refractivity contribution < 1.29 is 14.3 Å². The van der Waals surface area contributed by atoms with Gasteiger partial charge in [-0.25, -0.2) is 0 Å². The molecule has 6 aliphatic rings. The van der Waals surface area contributed by atoms with Crippen molar-refractivity contribution in [3.63, 3.8) is 0 Å². The lowest BCUT2D eigenvalue weighted by atomic mass is 9.81. The topological polar surface area (TPSA) is 66.0 Å². The standard InChI is InChI=1S/C28H32N4O3S/c33-27-24-16-5-6-17(13-16)25(24)28(34)32(27)15-20-19(21-7-8-22(20)35-21)14-30-9-11-31(12-10-30)26-18-3-1-2-4-23(18)36-29-26/h1-4,7-8,16-17,19-22,24-25H,5-6,9-15H2. The number of piperazine rings is 1. The van der Waals surface area contributed by atoms with Crippen LogP contribution in [0.1, 0.15) is 19.3 Å². The van der Waals surface area contributed by atoms with E-state index in [1.165, 1.54) is 10.1 Å².